The summed E-state index contributed by atoms with van der Waals surface area (Å²) in [4.78, 5) is 80.2. The summed E-state index contributed by atoms with van der Waals surface area (Å²) in [5.41, 5.74) is 4.48. The molecule has 0 bridgehead atoms. The molecule has 29 heteroatoms. The van der Waals surface area contributed by atoms with Crippen molar-refractivity contribution in [3.63, 3.8) is 0 Å². The van der Waals surface area contributed by atoms with Gasteiger partial charge in [0.2, 0.25) is 0 Å². The molecule has 14 fully saturated rings. The van der Waals surface area contributed by atoms with Gasteiger partial charge < -0.3 is 73.2 Å². The predicted molar refractivity (Wildman–Crippen MR) is 447 cm³/mol. The molecule has 4 aromatic rings. The van der Waals surface area contributed by atoms with Crippen molar-refractivity contribution in [1.29, 1.82) is 0 Å². The van der Waals surface area contributed by atoms with Crippen molar-refractivity contribution in [2.24, 2.45) is 70.0 Å². The van der Waals surface area contributed by atoms with Gasteiger partial charge in [0.25, 0.3) is 0 Å². The second kappa shape index (κ2) is 40.3. The molecule has 7 aliphatic heterocycles. The van der Waals surface area contributed by atoms with Crippen LogP contribution in [0.3, 0.4) is 0 Å². The molecule has 5 amide bonds. The van der Waals surface area contributed by atoms with Crippen LogP contribution < -0.4 is 5.32 Å². The van der Waals surface area contributed by atoms with Crippen molar-refractivity contribution in [2.75, 3.05) is 105 Å². The van der Waals surface area contributed by atoms with Crippen LogP contribution in [0, 0.1) is 81.9 Å². The van der Waals surface area contributed by atoms with E-state index < -0.39 is 23.3 Å². The van der Waals surface area contributed by atoms with Crippen LogP contribution in [0.5, 0.6) is 0 Å². The first-order chi connectivity index (χ1) is 57.0. The largest absolute Gasteiger partial charge is 0.392 e. The number of aliphatic hydroxyl groups excluding tert-OH is 3. The molecule has 7 aliphatic carbocycles. The molecule has 7 heterocycles. The third-order valence-corrected chi connectivity index (χ3v) is 26.1. The van der Waals surface area contributed by atoms with Gasteiger partial charge in [-0.05, 0) is 136 Å². The molecule has 4 aromatic carbocycles. The first kappa shape index (κ1) is 93.0. The summed E-state index contributed by atoms with van der Waals surface area (Å²) in [7, 11) is 0.319. The van der Waals surface area contributed by atoms with Crippen LogP contribution in [0.15, 0.2) is 121 Å². The van der Waals surface area contributed by atoms with Crippen LogP contribution in [0.4, 0.5) is 32.3 Å². The summed E-state index contributed by atoms with van der Waals surface area (Å²) in [5, 5.41) is 28.9. The maximum Gasteiger partial charge on any atom is 0.0629 e. The number of Topliss-reactive ketones (excluding diaryl/α,β-unsaturated/α-hetero) is 1. The predicted octanol–water partition coefficient (Wildman–Crippen LogP) is 13.8. The Bertz CT molecular complexity index is 4070. The summed E-state index contributed by atoms with van der Waals surface area (Å²) in [6.07, 6.45) is 2.50. The van der Waals surface area contributed by atoms with Gasteiger partial charge in [-0.3, -0.25) is 14.5 Å². The number of ketones is 1. The number of nitrogens with one attached hydrogen (secondary N) is 1. The van der Waals surface area contributed by atoms with Gasteiger partial charge in [0.05, 0.1) is 62.0 Å². The summed E-state index contributed by atoms with van der Waals surface area (Å²) >= 11 is 3.48. The Hall–Kier alpha value is -7.69. The van der Waals surface area contributed by atoms with Crippen molar-refractivity contribution >= 4 is 59.1 Å². The molecule has 18 rings (SSSR count). The van der Waals surface area contributed by atoms with Crippen molar-refractivity contribution < 1.29 is 95.1 Å². The van der Waals surface area contributed by atoms with Crippen molar-refractivity contribution in [3.05, 3.63) is 144 Å². The van der Waals surface area contributed by atoms with E-state index in [4.69, 9.17) is 48.1 Å². The Kier molecular flexibility index (Phi) is 31.2. The van der Waals surface area contributed by atoms with Gasteiger partial charge in [-0.25, -0.2) is 19.2 Å². The molecular formula is C91H124BBrF3N7O17. The number of ether oxygens (including phenoxy) is 7. The van der Waals surface area contributed by atoms with Gasteiger partial charge >= 0.3 is 65.3 Å². The number of hydrogen-bond donors (Lipinski definition) is 4. The third kappa shape index (κ3) is 24.9. The molecule has 4 N–H and O–H groups in total. The number of carbonyl (C=O) groups excluding carboxylic acids is 6. The quantitative estimate of drug-likeness (QED) is 0.0419. The number of halogens is 4. The van der Waals surface area contributed by atoms with E-state index in [1.807, 2.05) is 132 Å². The number of piperidine rings is 5. The Morgan fingerprint density at radius 3 is 1.16 bits per heavy atom. The second-order valence-corrected chi connectivity index (χ2v) is 38.1. The Morgan fingerprint density at radius 2 is 0.850 bits per heavy atom. The molecule has 7 saturated heterocycles. The number of rotatable bonds is 13. The number of carbonyl (C=O) groups is 6. The van der Waals surface area contributed by atoms with Gasteiger partial charge in [-0.1, -0.05) is 137 Å². The van der Waals surface area contributed by atoms with E-state index in [1.54, 1.807) is 22.5 Å². The maximum atomic E-state index is 12.3. The molecule has 120 heavy (non-hydrogen) atoms. The zero-order chi connectivity index (χ0) is 86.8. The van der Waals surface area contributed by atoms with Crippen molar-refractivity contribution in [1.82, 2.24) is 34.7 Å². The van der Waals surface area contributed by atoms with Gasteiger partial charge in [0.15, 0.2) is 0 Å². The number of aliphatic hydroxyl groups is 3. The van der Waals surface area contributed by atoms with Gasteiger partial charge in [-0.2, -0.15) is 13.2 Å². The normalized spacial score (nSPS) is 30.4. The molecule has 2 spiro atoms. The summed E-state index contributed by atoms with van der Waals surface area (Å²) < 4.78 is 85.3. The number of benzene rings is 4. The van der Waals surface area contributed by atoms with E-state index in [1.165, 1.54) is 48.7 Å². The van der Waals surface area contributed by atoms with Crippen LogP contribution in [-0.4, -0.2) is 247 Å². The maximum absolute atomic E-state index is 12.3. The third-order valence-electron chi connectivity index (χ3n) is 25.6. The number of nitrogens with zero attached hydrogens (tertiary/aromatic N) is 6. The second-order valence-electron chi connectivity index (χ2n) is 36.8. The van der Waals surface area contributed by atoms with Crippen molar-refractivity contribution in [3.8, 4) is 11.9 Å². The van der Waals surface area contributed by atoms with Crippen LogP contribution in [-0.2, 0) is 47.5 Å². The van der Waals surface area contributed by atoms with Gasteiger partial charge in [0.1, 0.15) is 17.0 Å². The molecule has 19 atom stereocenters. The molecule has 7 saturated carbocycles. The van der Waals surface area contributed by atoms with Crippen LogP contribution in [0.1, 0.15) is 167 Å². The SMILES string of the molecule is CC(Br)c1ccccc1.CC(C)(C)OC(=O)N1C[C@@H]2C(O)[C@@H]2C1.CC(OC1[C@H]2CN(C(=O)C(F)(F)F)C[C@@H]12)c1ccccc1.CC(OC1[C@H]2CN(C(=O)OC(C)(C)C)C[C@@H]12)c1ccccc1.CCOC(=O)N1CCC2(CC(=O)C2)C1.CCOC(=O)N1CCC2(CC(N3C[C@@H]4C(OC(C)c5ccccc5)[C@@H]4C3)C2)C1.O=BC#CO.OC1[C@H]2CNC[C@@H]12. The van der Waals surface area contributed by atoms with Crippen molar-refractivity contribution in [2.45, 2.75) is 199 Å². The van der Waals surface area contributed by atoms with Gasteiger partial charge in [-0.15, -0.1) is 0 Å². The topological polar surface area (TPSA) is 276 Å². The molecule has 0 aromatic heterocycles. The minimum absolute atomic E-state index is 0.0301. The Labute approximate surface area is 714 Å². The molecule has 9 unspecified atom stereocenters. The number of alkyl halides is 4. The van der Waals surface area contributed by atoms with E-state index in [0.717, 1.165) is 81.0 Å². The van der Waals surface area contributed by atoms with Crippen LogP contribution in [0.2, 0.25) is 0 Å². The van der Waals surface area contributed by atoms with Crippen LogP contribution in [0.25, 0.3) is 0 Å². The van der Waals surface area contributed by atoms with Crippen LogP contribution >= 0.6 is 15.9 Å². The fraction of sp³-hybridized carbons (Fsp3) is 0.648. The standard InChI is InChI=1S/C23H32N2O3.C18H25NO3.C15H16F3NO2.C10H17NO3.C10H15NO3.C8H9Br.C5H9NO.C2HBO2/c1-3-27-22(26)24-10-9-23(15-24)11-18(12-23)25-13-19-20(14-25)21(19)28-16(2)17-7-5-4-6-8-17;1-12(13-8-6-5-7-9-13)21-16-14-10-19(11-15(14)16)17(20)22-18(2,3)4;1-9(10-5-3-2-4-6-10)21-13-11-7-19(8-12(11)13)14(20)15(16,17)18;1-10(2,3)14-9(13)11-4-6-7(5-11)8(6)12;1-2-14-9(13)11-4-3-10(7-11)5-8(12)6-10;1-7(9)8-5-3-2-4-6-8;7-5-3-1-6-2-4(3)5;4-2-1-3-5/h4-8,16,18-21H,3,9-15H2,1-2H3;5-9,12,14-16H,10-11H2,1-4H3;2-6,9,11-13H,7-8H2,1H3;6-8,12H,4-5H2,1-3H3;2-7H2,1H3;2-7H,1H3;3-7H,1-2H2;4H/t16?,18?,19-,20+,21?,23?;12?,14-,15+,16?;9?,11-,12+,13?;6-,7+,8?;;;3-,4+,5?;. The number of amides is 5. The number of hydrogen-bond acceptors (Lipinski definition) is 19. The first-order valence-electron chi connectivity index (χ1n) is 42.8. The Morgan fingerprint density at radius 1 is 0.508 bits per heavy atom. The van der Waals surface area contributed by atoms with E-state index in [9.17, 15) is 47.0 Å². The zero-order valence-corrected chi connectivity index (χ0v) is 73.1. The molecule has 14 aliphatic rings. The minimum Gasteiger partial charge on any atom is -0.392 e. The number of likely N-dealkylation sites (tertiary alicyclic amines) is 6. The average molecular weight is 1740 g/mol. The fourth-order valence-corrected chi connectivity index (χ4v) is 18.9. The minimum atomic E-state index is -4.77. The van der Waals surface area contributed by atoms with Gasteiger partial charge in [0, 0.05) is 180 Å². The molecule has 0 radical (unpaired) electrons. The molecule has 656 valence electrons. The monoisotopic (exact) mass is 1730 g/mol. The van der Waals surface area contributed by atoms with E-state index in [-0.39, 0.29) is 97.4 Å². The zero-order valence-electron chi connectivity index (χ0n) is 71.5. The molecular weight excluding hydrogens is 1610 g/mol. The summed E-state index contributed by atoms with van der Waals surface area (Å²) in [6.45, 7) is 34.9. The summed E-state index contributed by atoms with van der Waals surface area (Å²) in [5.74, 6) is 4.68. The van der Waals surface area contributed by atoms with E-state index in [0.29, 0.717) is 117 Å². The Balaban J connectivity index is 0.000000140. The fourth-order valence-electron chi connectivity index (χ4n) is 18.6. The van der Waals surface area contributed by atoms with E-state index in [2.05, 4.69) is 102 Å². The molecule has 24 nitrogen and oxygen atoms in total. The average Bonchev–Trinajstić information content (AvgIpc) is 1.57. The number of fused-ring (bicyclic) bond motifs is 5. The van der Waals surface area contributed by atoms with E-state index >= 15 is 0 Å². The summed E-state index contributed by atoms with van der Waals surface area (Å²) in [6, 6.07) is 41.6. The first-order valence-corrected chi connectivity index (χ1v) is 43.7. The smallest absolute Gasteiger partial charge is 0.0629 e.